The van der Waals surface area contributed by atoms with E-state index in [4.69, 9.17) is 10.5 Å². The molecule has 0 aliphatic carbocycles. The molecule has 2 rings (SSSR count). The molecule has 1 aliphatic rings. The first-order valence-corrected chi connectivity index (χ1v) is 7.04. The van der Waals surface area contributed by atoms with Gasteiger partial charge in [0.2, 0.25) is 0 Å². The van der Waals surface area contributed by atoms with Crippen molar-refractivity contribution in [3.05, 3.63) is 16.1 Å². The summed E-state index contributed by atoms with van der Waals surface area (Å²) in [4.78, 5) is 16.7. The number of hydrogen-bond donors (Lipinski definition) is 1. The maximum Gasteiger partial charge on any atom is 0.161 e. The predicted octanol–water partition coefficient (Wildman–Crippen LogP) is 1.67. The number of ketones is 1. The number of nitrogens with zero attached hydrogens (tertiary/aromatic N) is 1. The Labute approximate surface area is 112 Å². The first-order valence-electron chi connectivity index (χ1n) is 6.16. The molecular formula is C13H20N2O2S. The number of Topliss-reactive ketones (excluding diaryl/α,β-unsaturated/α-hetero) is 1. The summed E-state index contributed by atoms with van der Waals surface area (Å²) < 4.78 is 5.22. The molecule has 0 bridgehead atoms. The van der Waals surface area contributed by atoms with Crippen molar-refractivity contribution < 1.29 is 9.53 Å². The lowest BCUT2D eigenvalue weighted by Crippen LogP contribution is -2.49. The highest BCUT2D eigenvalue weighted by atomic mass is 32.1. The largest absolute Gasteiger partial charge is 0.379 e. The monoisotopic (exact) mass is 268 g/mol. The molecule has 1 aliphatic heterocycles. The number of rotatable bonds is 3. The molecule has 5 heteroatoms. The molecule has 0 radical (unpaired) electrons. The lowest BCUT2D eigenvalue weighted by molar-refractivity contribution is -0.123. The Morgan fingerprint density at radius 3 is 2.83 bits per heavy atom. The van der Waals surface area contributed by atoms with Crippen LogP contribution >= 0.6 is 11.3 Å². The van der Waals surface area contributed by atoms with Crippen LogP contribution in [0.3, 0.4) is 0 Å². The van der Waals surface area contributed by atoms with Crippen LogP contribution in [0.15, 0.2) is 5.38 Å². The van der Waals surface area contributed by atoms with E-state index in [1.807, 2.05) is 5.38 Å². The van der Waals surface area contributed by atoms with Crippen molar-refractivity contribution in [3.63, 3.8) is 0 Å². The van der Waals surface area contributed by atoms with Crippen LogP contribution in [0.2, 0.25) is 0 Å². The molecule has 1 saturated heterocycles. The molecule has 1 fully saturated rings. The zero-order valence-corrected chi connectivity index (χ0v) is 12.0. The van der Waals surface area contributed by atoms with Gasteiger partial charge in [-0.15, -0.1) is 11.3 Å². The minimum absolute atomic E-state index is 0.0225. The van der Waals surface area contributed by atoms with Gasteiger partial charge < -0.3 is 10.5 Å². The quantitative estimate of drug-likeness (QED) is 0.905. The maximum absolute atomic E-state index is 12.2. The van der Waals surface area contributed by atoms with E-state index in [9.17, 15) is 4.79 Å². The van der Waals surface area contributed by atoms with E-state index in [2.05, 4.69) is 25.8 Å². The molecule has 2 heterocycles. The van der Waals surface area contributed by atoms with Crippen molar-refractivity contribution >= 4 is 17.1 Å². The van der Waals surface area contributed by atoms with Crippen LogP contribution in [0, 0.1) is 0 Å². The van der Waals surface area contributed by atoms with Gasteiger partial charge in [0.25, 0.3) is 0 Å². The Bertz CT molecular complexity index is 442. The van der Waals surface area contributed by atoms with Crippen molar-refractivity contribution in [2.24, 2.45) is 5.73 Å². The lowest BCUT2D eigenvalue weighted by Gasteiger charge is -2.19. The van der Waals surface area contributed by atoms with Crippen LogP contribution in [0.5, 0.6) is 0 Å². The number of ether oxygens (including phenoxy) is 1. The smallest absolute Gasteiger partial charge is 0.161 e. The Morgan fingerprint density at radius 2 is 2.33 bits per heavy atom. The summed E-state index contributed by atoms with van der Waals surface area (Å²) in [6.07, 6.45) is 0.934. The van der Waals surface area contributed by atoms with Crippen LogP contribution in [0.25, 0.3) is 0 Å². The van der Waals surface area contributed by atoms with Crippen LogP contribution in [-0.4, -0.2) is 29.5 Å². The Morgan fingerprint density at radius 1 is 1.61 bits per heavy atom. The molecule has 0 spiro atoms. The highest BCUT2D eigenvalue weighted by Gasteiger charge is 2.38. The summed E-state index contributed by atoms with van der Waals surface area (Å²) in [5, 5.41) is 2.87. The van der Waals surface area contributed by atoms with Gasteiger partial charge in [0, 0.05) is 17.4 Å². The number of carbonyl (C=O) groups is 1. The molecule has 1 aromatic rings. The summed E-state index contributed by atoms with van der Waals surface area (Å²) in [6.45, 7) is 7.26. The Kier molecular flexibility index (Phi) is 3.58. The summed E-state index contributed by atoms with van der Waals surface area (Å²) in [7, 11) is 0. The minimum Gasteiger partial charge on any atom is -0.379 e. The van der Waals surface area contributed by atoms with Crippen molar-refractivity contribution in [3.8, 4) is 0 Å². The number of aromatic nitrogens is 1. The van der Waals surface area contributed by atoms with Gasteiger partial charge in [-0.2, -0.15) is 0 Å². The third-order valence-corrected chi connectivity index (χ3v) is 4.09. The van der Waals surface area contributed by atoms with Gasteiger partial charge >= 0.3 is 0 Å². The van der Waals surface area contributed by atoms with Gasteiger partial charge in [-0.3, -0.25) is 4.79 Å². The zero-order chi connectivity index (χ0) is 13.4. The van der Waals surface area contributed by atoms with Crippen molar-refractivity contribution in [2.45, 2.75) is 44.6 Å². The number of hydrogen-bond acceptors (Lipinski definition) is 5. The van der Waals surface area contributed by atoms with Gasteiger partial charge in [-0.05, 0) is 6.42 Å². The highest BCUT2D eigenvalue weighted by molar-refractivity contribution is 7.09. The molecule has 2 N–H and O–H groups in total. The van der Waals surface area contributed by atoms with Crippen molar-refractivity contribution in [2.75, 3.05) is 13.2 Å². The van der Waals surface area contributed by atoms with Gasteiger partial charge in [0.1, 0.15) is 10.5 Å². The van der Waals surface area contributed by atoms with Gasteiger partial charge in [0.05, 0.1) is 18.7 Å². The topological polar surface area (TPSA) is 65.2 Å². The summed E-state index contributed by atoms with van der Waals surface area (Å²) in [6, 6.07) is 0. The minimum atomic E-state index is -0.798. The van der Waals surface area contributed by atoms with Crippen molar-refractivity contribution in [1.29, 1.82) is 0 Å². The van der Waals surface area contributed by atoms with Gasteiger partial charge in [0.15, 0.2) is 5.78 Å². The van der Waals surface area contributed by atoms with Crippen molar-refractivity contribution in [1.82, 2.24) is 4.98 Å². The number of nitrogens with two attached hydrogens (primary N) is 1. The molecule has 4 nitrogen and oxygen atoms in total. The summed E-state index contributed by atoms with van der Waals surface area (Å²) >= 11 is 1.53. The number of carbonyl (C=O) groups excluding carboxylic acids is 1. The standard InChI is InChI=1S/C13H20N2O2S/c1-12(2,3)9-7-18-11(15-9)6-10(16)13(14)4-5-17-8-13/h7H,4-6,8,14H2,1-3H3. The first-order chi connectivity index (χ1) is 8.31. The fourth-order valence-corrected chi connectivity index (χ4v) is 2.87. The molecule has 18 heavy (non-hydrogen) atoms. The van der Waals surface area contributed by atoms with E-state index in [1.165, 1.54) is 11.3 Å². The van der Waals surface area contributed by atoms with E-state index in [0.717, 1.165) is 10.7 Å². The molecule has 1 unspecified atom stereocenters. The second-order valence-corrected chi connectivity index (χ2v) is 6.88. The lowest BCUT2D eigenvalue weighted by atomic mass is 9.92. The van der Waals surface area contributed by atoms with Crippen LogP contribution in [0.1, 0.15) is 37.9 Å². The van der Waals surface area contributed by atoms with Crippen LogP contribution in [-0.2, 0) is 21.4 Å². The van der Waals surface area contributed by atoms with Crippen LogP contribution in [0.4, 0.5) is 0 Å². The second kappa shape index (κ2) is 4.72. The summed E-state index contributed by atoms with van der Waals surface area (Å²) in [5.41, 5.74) is 6.30. The maximum atomic E-state index is 12.2. The zero-order valence-electron chi connectivity index (χ0n) is 11.2. The SMILES string of the molecule is CC(C)(C)c1csc(CC(=O)C2(N)CCOC2)n1. The van der Waals surface area contributed by atoms with E-state index in [1.54, 1.807) is 0 Å². The fourth-order valence-electron chi connectivity index (χ4n) is 1.85. The van der Waals surface area contributed by atoms with Gasteiger partial charge in [-0.1, -0.05) is 20.8 Å². The second-order valence-electron chi connectivity index (χ2n) is 5.94. The Balaban J connectivity index is 2.06. The normalized spacial score (nSPS) is 24.4. The highest BCUT2D eigenvalue weighted by Crippen LogP contribution is 2.25. The molecule has 0 saturated carbocycles. The number of thiazole rings is 1. The van der Waals surface area contributed by atoms with Gasteiger partial charge in [-0.25, -0.2) is 4.98 Å². The first kappa shape index (κ1) is 13.6. The summed E-state index contributed by atoms with van der Waals surface area (Å²) in [5.74, 6) is 0.0369. The average molecular weight is 268 g/mol. The molecule has 1 atom stereocenters. The van der Waals surface area contributed by atoms with E-state index < -0.39 is 5.54 Å². The third kappa shape index (κ3) is 2.79. The fraction of sp³-hybridized carbons (Fsp3) is 0.692. The van der Waals surface area contributed by atoms with E-state index in [0.29, 0.717) is 26.1 Å². The predicted molar refractivity (Wildman–Crippen MR) is 71.9 cm³/mol. The molecule has 0 amide bonds. The molecule has 100 valence electrons. The average Bonchev–Trinajstić information content (AvgIpc) is 2.86. The van der Waals surface area contributed by atoms with E-state index >= 15 is 0 Å². The third-order valence-electron chi connectivity index (χ3n) is 3.24. The molecule has 0 aromatic carbocycles. The molecular weight excluding hydrogens is 248 g/mol. The Hall–Kier alpha value is -0.780. The van der Waals surface area contributed by atoms with E-state index in [-0.39, 0.29) is 11.2 Å². The molecule has 1 aromatic heterocycles. The van der Waals surface area contributed by atoms with Crippen LogP contribution < -0.4 is 5.73 Å².